The van der Waals surface area contributed by atoms with Crippen LogP contribution in [0.5, 0.6) is 0 Å². The van der Waals surface area contributed by atoms with Crippen LogP contribution in [0.3, 0.4) is 0 Å². The van der Waals surface area contributed by atoms with Crippen LogP contribution in [0.25, 0.3) is 0 Å². The van der Waals surface area contributed by atoms with Crippen molar-refractivity contribution in [2.45, 2.75) is 51.9 Å². The first-order valence-electron chi connectivity index (χ1n) is 7.21. The van der Waals surface area contributed by atoms with Gasteiger partial charge in [0, 0.05) is 12.2 Å². The van der Waals surface area contributed by atoms with Crippen molar-refractivity contribution in [2.24, 2.45) is 5.92 Å². The van der Waals surface area contributed by atoms with Gasteiger partial charge < -0.3 is 5.32 Å². The van der Waals surface area contributed by atoms with Gasteiger partial charge in [-0.05, 0) is 49.3 Å². The van der Waals surface area contributed by atoms with Gasteiger partial charge in [-0.25, -0.2) is 0 Å². The predicted molar refractivity (Wildman–Crippen MR) is 75.5 cm³/mol. The first-order chi connectivity index (χ1) is 8.38. The molecule has 1 aliphatic rings. The van der Waals surface area contributed by atoms with Crippen LogP contribution in [-0.4, -0.2) is 6.54 Å². The topological polar surface area (TPSA) is 12.0 Å². The summed E-state index contributed by atoms with van der Waals surface area (Å²) in [5.74, 6) is 0.930. The molecule has 0 saturated heterocycles. The molecule has 0 aromatic heterocycles. The molecule has 94 valence electrons. The molecule has 0 radical (unpaired) electrons. The molecule has 0 atom stereocenters. The lowest BCUT2D eigenvalue weighted by atomic mass is 9.85. The molecule has 17 heavy (non-hydrogen) atoms. The minimum absolute atomic E-state index is 0.930. The fourth-order valence-electron chi connectivity index (χ4n) is 2.33. The molecule has 0 unspecified atom stereocenters. The Bertz CT molecular complexity index is 311. The van der Waals surface area contributed by atoms with Crippen LogP contribution in [0.15, 0.2) is 24.3 Å². The molecule has 1 aliphatic carbocycles. The number of rotatable bonds is 7. The molecular formula is C16H25N. The summed E-state index contributed by atoms with van der Waals surface area (Å²) in [4.78, 5) is 0. The molecule has 1 saturated carbocycles. The molecule has 0 spiro atoms. The van der Waals surface area contributed by atoms with Gasteiger partial charge in [-0.1, -0.05) is 38.3 Å². The van der Waals surface area contributed by atoms with Crippen molar-refractivity contribution >= 4 is 5.69 Å². The second kappa shape index (κ2) is 6.68. The maximum absolute atomic E-state index is 3.54. The highest BCUT2D eigenvalue weighted by Gasteiger charge is 2.16. The highest BCUT2D eigenvalue weighted by atomic mass is 14.9. The van der Waals surface area contributed by atoms with Gasteiger partial charge in [-0.3, -0.25) is 0 Å². The third kappa shape index (κ3) is 4.07. The molecule has 1 heteroatoms. The van der Waals surface area contributed by atoms with E-state index >= 15 is 0 Å². The molecule has 0 heterocycles. The van der Waals surface area contributed by atoms with Crippen molar-refractivity contribution in [3.8, 4) is 0 Å². The van der Waals surface area contributed by atoms with Crippen molar-refractivity contribution in [3.05, 3.63) is 29.8 Å². The standard InChI is InChI=1S/C16H25N/c1-2-3-4-6-14-9-11-16(12-10-14)17-13-15-7-5-8-15/h9-12,15,17H,2-8,13H2,1H3. The molecule has 2 rings (SSSR count). The van der Waals surface area contributed by atoms with Crippen LogP contribution >= 0.6 is 0 Å². The van der Waals surface area contributed by atoms with E-state index in [2.05, 4.69) is 36.5 Å². The van der Waals surface area contributed by atoms with E-state index in [4.69, 9.17) is 0 Å². The molecular weight excluding hydrogens is 206 g/mol. The molecule has 0 bridgehead atoms. The summed E-state index contributed by atoms with van der Waals surface area (Å²) in [7, 11) is 0. The SMILES string of the molecule is CCCCCc1ccc(NCC2CCC2)cc1. The second-order valence-electron chi connectivity index (χ2n) is 5.33. The summed E-state index contributed by atoms with van der Waals surface area (Å²) in [6.45, 7) is 3.42. The first kappa shape index (κ1) is 12.5. The number of unbranched alkanes of at least 4 members (excludes halogenated alkanes) is 2. The number of benzene rings is 1. The van der Waals surface area contributed by atoms with Crippen molar-refractivity contribution in [1.29, 1.82) is 0 Å². The lowest BCUT2D eigenvalue weighted by Crippen LogP contribution is -2.20. The third-order valence-electron chi connectivity index (χ3n) is 3.84. The van der Waals surface area contributed by atoms with Crippen LogP contribution in [0.2, 0.25) is 0 Å². The smallest absolute Gasteiger partial charge is 0.0340 e. The van der Waals surface area contributed by atoms with E-state index in [1.807, 2.05) is 0 Å². The van der Waals surface area contributed by atoms with Gasteiger partial charge in [0.25, 0.3) is 0 Å². The van der Waals surface area contributed by atoms with Gasteiger partial charge in [-0.15, -0.1) is 0 Å². The highest BCUT2D eigenvalue weighted by Crippen LogP contribution is 2.26. The molecule has 1 aromatic carbocycles. The second-order valence-corrected chi connectivity index (χ2v) is 5.33. The zero-order valence-corrected chi connectivity index (χ0v) is 11.0. The van der Waals surface area contributed by atoms with E-state index < -0.39 is 0 Å². The number of nitrogens with one attached hydrogen (secondary N) is 1. The van der Waals surface area contributed by atoms with Crippen LogP contribution < -0.4 is 5.32 Å². The maximum atomic E-state index is 3.54. The monoisotopic (exact) mass is 231 g/mol. The number of hydrogen-bond acceptors (Lipinski definition) is 1. The summed E-state index contributed by atoms with van der Waals surface area (Å²) < 4.78 is 0. The third-order valence-corrected chi connectivity index (χ3v) is 3.84. The fraction of sp³-hybridized carbons (Fsp3) is 0.625. The first-order valence-corrected chi connectivity index (χ1v) is 7.21. The summed E-state index contributed by atoms with van der Waals surface area (Å²) >= 11 is 0. The van der Waals surface area contributed by atoms with Crippen LogP contribution in [-0.2, 0) is 6.42 Å². The summed E-state index contributed by atoms with van der Waals surface area (Å²) in [5, 5.41) is 3.54. The molecule has 0 aliphatic heterocycles. The Morgan fingerprint density at radius 2 is 1.88 bits per heavy atom. The normalized spacial score (nSPS) is 15.6. The largest absolute Gasteiger partial charge is 0.385 e. The molecule has 1 aromatic rings. The number of hydrogen-bond donors (Lipinski definition) is 1. The summed E-state index contributed by atoms with van der Waals surface area (Å²) in [5.41, 5.74) is 2.77. The van der Waals surface area contributed by atoms with Gasteiger partial charge in [0.15, 0.2) is 0 Å². The van der Waals surface area contributed by atoms with Crippen molar-refractivity contribution in [1.82, 2.24) is 0 Å². The molecule has 0 amide bonds. The molecule has 1 N–H and O–H groups in total. The zero-order chi connectivity index (χ0) is 11.9. The van der Waals surface area contributed by atoms with E-state index in [1.165, 1.54) is 56.2 Å². The predicted octanol–water partition coefficient (Wildman–Crippen LogP) is 4.63. The van der Waals surface area contributed by atoms with Crippen molar-refractivity contribution in [3.63, 3.8) is 0 Å². The van der Waals surface area contributed by atoms with Crippen LogP contribution in [0.4, 0.5) is 5.69 Å². The maximum Gasteiger partial charge on any atom is 0.0340 e. The highest BCUT2D eigenvalue weighted by molar-refractivity contribution is 5.44. The van der Waals surface area contributed by atoms with E-state index in [1.54, 1.807) is 0 Å². The Kier molecular flexibility index (Phi) is 4.90. The van der Waals surface area contributed by atoms with Gasteiger partial charge in [0.05, 0.1) is 0 Å². The van der Waals surface area contributed by atoms with E-state index in [0.29, 0.717) is 0 Å². The average Bonchev–Trinajstić information content (AvgIpc) is 2.29. The Balaban J connectivity index is 1.72. The number of anilines is 1. The average molecular weight is 231 g/mol. The van der Waals surface area contributed by atoms with E-state index in [0.717, 1.165) is 12.5 Å². The van der Waals surface area contributed by atoms with Gasteiger partial charge >= 0.3 is 0 Å². The van der Waals surface area contributed by atoms with Crippen molar-refractivity contribution < 1.29 is 0 Å². The molecule has 1 fully saturated rings. The summed E-state index contributed by atoms with van der Waals surface area (Å²) in [6.07, 6.45) is 9.48. The van der Waals surface area contributed by atoms with Crippen LogP contribution in [0, 0.1) is 5.92 Å². The van der Waals surface area contributed by atoms with E-state index in [9.17, 15) is 0 Å². The van der Waals surface area contributed by atoms with Crippen molar-refractivity contribution in [2.75, 3.05) is 11.9 Å². The fourth-order valence-corrected chi connectivity index (χ4v) is 2.33. The minimum atomic E-state index is 0.930. The summed E-state index contributed by atoms with van der Waals surface area (Å²) in [6, 6.07) is 9.03. The van der Waals surface area contributed by atoms with Gasteiger partial charge in [0.2, 0.25) is 0 Å². The Labute approximate surface area is 106 Å². The lowest BCUT2D eigenvalue weighted by Gasteiger charge is -2.25. The van der Waals surface area contributed by atoms with E-state index in [-0.39, 0.29) is 0 Å². The van der Waals surface area contributed by atoms with Crippen LogP contribution in [0.1, 0.15) is 51.0 Å². The zero-order valence-electron chi connectivity index (χ0n) is 11.0. The Hall–Kier alpha value is -0.980. The van der Waals surface area contributed by atoms with Gasteiger partial charge in [0.1, 0.15) is 0 Å². The number of aryl methyl sites for hydroxylation is 1. The van der Waals surface area contributed by atoms with Gasteiger partial charge in [-0.2, -0.15) is 0 Å². The minimum Gasteiger partial charge on any atom is -0.385 e. The quantitative estimate of drug-likeness (QED) is 0.675. The Morgan fingerprint density at radius 1 is 1.12 bits per heavy atom. The lowest BCUT2D eigenvalue weighted by molar-refractivity contribution is 0.333. The molecule has 1 nitrogen and oxygen atoms in total. The Morgan fingerprint density at radius 3 is 2.47 bits per heavy atom.